The molecule has 0 aromatic rings. The summed E-state index contributed by atoms with van der Waals surface area (Å²) in [6.45, 7) is 3.49. The van der Waals surface area contributed by atoms with Crippen molar-refractivity contribution in [3.8, 4) is 0 Å². The Hall–Kier alpha value is 0.363. The van der Waals surface area contributed by atoms with E-state index in [9.17, 15) is 0 Å². The van der Waals surface area contributed by atoms with Gasteiger partial charge in [-0.1, -0.05) is 0 Å². The molecule has 0 atom stereocenters. The van der Waals surface area contributed by atoms with Gasteiger partial charge in [-0.15, -0.1) is 0 Å². The third kappa shape index (κ3) is 4.36. The van der Waals surface area contributed by atoms with E-state index < -0.39 is 0 Å². The molecule has 0 aromatic carbocycles. The summed E-state index contributed by atoms with van der Waals surface area (Å²) in [4.78, 5) is 0. The molecule has 0 saturated carbocycles. The first-order valence-corrected chi connectivity index (χ1v) is 3.61. The van der Waals surface area contributed by atoms with E-state index in [1.54, 1.807) is 6.08 Å². The van der Waals surface area contributed by atoms with Crippen molar-refractivity contribution in [1.29, 1.82) is 0 Å². The van der Waals surface area contributed by atoms with E-state index in [1.807, 2.05) is 6.08 Å². The molecule has 0 unspecified atom stereocenters. The van der Waals surface area contributed by atoms with Crippen LogP contribution in [0, 0.1) is 0 Å². The molecule has 1 heteroatoms. The monoisotopic (exact) mass is 263 g/mol. The molecule has 0 N–H and O–H groups in total. The summed E-state index contributed by atoms with van der Waals surface area (Å²) in [5.74, 6) is 0. The van der Waals surface area contributed by atoms with Gasteiger partial charge in [0.15, 0.2) is 0 Å². The second-order valence-corrected chi connectivity index (χ2v) is 1.89. The summed E-state index contributed by atoms with van der Waals surface area (Å²) < 4.78 is 2.08. The van der Waals surface area contributed by atoms with Crippen LogP contribution in [0.5, 0.6) is 0 Å². The third-order valence-electron chi connectivity index (χ3n) is 0.232. The molecule has 0 aromatic heterocycles. The van der Waals surface area contributed by atoms with E-state index in [4.69, 9.17) is 0 Å². The molecule has 0 rings (SSSR count). The van der Waals surface area contributed by atoms with Gasteiger partial charge in [-0.25, -0.2) is 0 Å². The van der Waals surface area contributed by atoms with Crippen LogP contribution in [-0.2, 0) is 0 Å². The fourth-order valence-electron chi connectivity index (χ4n) is 0.0680. The van der Waals surface area contributed by atoms with Gasteiger partial charge < -0.3 is 0 Å². The Bertz CT molecular complexity index is 45.6. The van der Waals surface area contributed by atoms with Crippen molar-refractivity contribution in [2.45, 2.75) is 0 Å². The van der Waals surface area contributed by atoms with Crippen molar-refractivity contribution in [2.75, 3.05) is 0 Å². The summed E-state index contributed by atoms with van der Waals surface area (Å²) in [6.07, 6.45) is 3.74. The van der Waals surface area contributed by atoms with Gasteiger partial charge in [-0.2, -0.15) is 0 Å². The Kier molecular flexibility index (Phi) is 4.68. The molecule has 0 aliphatic heterocycles. The Morgan fingerprint density at radius 3 is 2.20 bits per heavy atom. The number of hydrogen-bond acceptors (Lipinski definition) is 0. The van der Waals surface area contributed by atoms with Crippen LogP contribution in [0.15, 0.2) is 22.5 Å². The molecule has 0 heterocycles. The standard InChI is InChI=1S/C4H5.Bi.H/c1-3-4-2;;/h1,3-4H,2H2;;. The van der Waals surface area contributed by atoms with Crippen LogP contribution in [0.1, 0.15) is 0 Å². The number of hydrogen-bond donors (Lipinski definition) is 0. The van der Waals surface area contributed by atoms with Gasteiger partial charge in [0.05, 0.1) is 0 Å². The fraction of sp³-hybridized carbons (Fsp3) is 0. The van der Waals surface area contributed by atoms with Crippen molar-refractivity contribution < 1.29 is 0 Å². The minimum absolute atomic E-state index is 1.15. The molecule has 0 spiro atoms. The molecule has 1 radical (unpaired) electrons. The normalized spacial score (nSPS) is 9.00. The van der Waals surface area contributed by atoms with Crippen molar-refractivity contribution in [3.63, 3.8) is 0 Å². The van der Waals surface area contributed by atoms with E-state index in [1.165, 1.54) is 0 Å². The Morgan fingerprint density at radius 2 is 2.20 bits per heavy atom. The molecule has 5 heavy (non-hydrogen) atoms. The van der Waals surface area contributed by atoms with Crippen LogP contribution < -0.4 is 0 Å². The van der Waals surface area contributed by atoms with Crippen LogP contribution >= 0.6 is 0 Å². The van der Waals surface area contributed by atoms with E-state index in [0.29, 0.717) is 0 Å². The van der Waals surface area contributed by atoms with Gasteiger partial charge in [0, 0.05) is 0 Å². The first kappa shape index (κ1) is 5.36. The van der Waals surface area contributed by atoms with Crippen LogP contribution in [0.25, 0.3) is 0 Å². The van der Waals surface area contributed by atoms with E-state index in [-0.39, 0.29) is 0 Å². The number of allylic oxidation sites excluding steroid dienone is 2. The van der Waals surface area contributed by atoms with Gasteiger partial charge in [0.25, 0.3) is 0 Å². The van der Waals surface area contributed by atoms with Crippen molar-refractivity contribution >= 4 is 24.7 Å². The predicted octanol–water partition coefficient (Wildman–Crippen LogP) is 0.587. The predicted molar refractivity (Wildman–Crippen MR) is 26.5 cm³/mol. The molecule has 0 bridgehead atoms. The molecule has 0 fully saturated rings. The summed E-state index contributed by atoms with van der Waals surface area (Å²) in [7, 11) is 0. The first-order valence-electron chi connectivity index (χ1n) is 1.36. The second kappa shape index (κ2) is 4.36. The average molecular weight is 263 g/mol. The van der Waals surface area contributed by atoms with Crippen molar-refractivity contribution in [2.24, 2.45) is 0 Å². The molecule has 0 saturated heterocycles. The molecular formula is C4H6Bi. The Balaban J connectivity index is 2.92. The zero-order valence-corrected chi connectivity index (χ0v) is 6.83. The molecule has 0 amide bonds. The van der Waals surface area contributed by atoms with Crippen LogP contribution in [-0.4, -0.2) is 24.7 Å². The van der Waals surface area contributed by atoms with Gasteiger partial charge >= 0.3 is 47.2 Å². The van der Waals surface area contributed by atoms with Crippen LogP contribution in [0.3, 0.4) is 0 Å². The van der Waals surface area contributed by atoms with Gasteiger partial charge in [0.2, 0.25) is 0 Å². The molecular weight excluding hydrogens is 257 g/mol. The molecule has 0 nitrogen and oxygen atoms in total. The zero-order valence-electron chi connectivity index (χ0n) is 2.94. The average Bonchev–Trinajstić information content (AvgIpc) is 1.41. The summed E-state index contributed by atoms with van der Waals surface area (Å²) >= 11 is 1.15. The Morgan fingerprint density at radius 1 is 1.60 bits per heavy atom. The van der Waals surface area contributed by atoms with Gasteiger partial charge in [0.1, 0.15) is 0 Å². The first-order chi connectivity index (χ1) is 2.41. The maximum absolute atomic E-state index is 3.49. The Labute approximate surface area is 47.4 Å². The van der Waals surface area contributed by atoms with Crippen LogP contribution in [0.2, 0.25) is 0 Å². The summed E-state index contributed by atoms with van der Waals surface area (Å²) in [5, 5.41) is 0. The maximum atomic E-state index is 3.49. The van der Waals surface area contributed by atoms with Crippen molar-refractivity contribution in [1.82, 2.24) is 0 Å². The topological polar surface area (TPSA) is 0 Å². The zero-order chi connectivity index (χ0) is 4.12. The van der Waals surface area contributed by atoms with E-state index in [2.05, 4.69) is 10.4 Å². The molecule has 0 aliphatic carbocycles. The molecule has 27 valence electrons. The van der Waals surface area contributed by atoms with Crippen LogP contribution in [0.4, 0.5) is 0 Å². The van der Waals surface area contributed by atoms with Gasteiger partial charge in [-0.3, -0.25) is 0 Å². The minimum atomic E-state index is 1.15. The third-order valence-corrected chi connectivity index (χ3v) is 0.980. The second-order valence-electron chi connectivity index (χ2n) is 0.595. The quantitative estimate of drug-likeness (QED) is 0.480. The van der Waals surface area contributed by atoms with E-state index >= 15 is 0 Å². The summed E-state index contributed by atoms with van der Waals surface area (Å²) in [5.41, 5.74) is 0. The molecule has 0 aliphatic rings. The van der Waals surface area contributed by atoms with Crippen molar-refractivity contribution in [3.05, 3.63) is 22.5 Å². The van der Waals surface area contributed by atoms with Gasteiger partial charge in [-0.05, 0) is 0 Å². The number of rotatable bonds is 1. The van der Waals surface area contributed by atoms with E-state index in [0.717, 1.165) is 24.7 Å². The SMILES string of the molecule is C=CC=[CH][BiH]. The fourth-order valence-corrected chi connectivity index (χ4v) is 0.597. The summed E-state index contributed by atoms with van der Waals surface area (Å²) in [6, 6.07) is 0.